The average molecular weight is 264 g/mol. The maximum atomic E-state index is 10.8. The van der Waals surface area contributed by atoms with Crippen LogP contribution in [-0.4, -0.2) is 17.1 Å². The van der Waals surface area contributed by atoms with Gasteiger partial charge in [0.15, 0.2) is 0 Å². The molecule has 1 aromatic carbocycles. The van der Waals surface area contributed by atoms with E-state index in [0.717, 1.165) is 16.3 Å². The van der Waals surface area contributed by atoms with Crippen molar-refractivity contribution in [1.82, 2.24) is 4.98 Å². The van der Waals surface area contributed by atoms with Crippen LogP contribution in [0.15, 0.2) is 34.5 Å². The molecule has 0 aliphatic rings. The fraction of sp³-hybridized carbons (Fsp3) is 0.167. The number of carbonyl (C=O) groups excluding carboxylic acids is 1. The van der Waals surface area contributed by atoms with Gasteiger partial charge in [-0.1, -0.05) is 12.1 Å². The number of thioether (sulfide) groups is 1. The molecule has 2 rings (SSSR count). The molecule has 17 heavy (non-hydrogen) atoms. The fourth-order valence-electron chi connectivity index (χ4n) is 1.46. The summed E-state index contributed by atoms with van der Waals surface area (Å²) in [5.41, 5.74) is 7.12. The maximum absolute atomic E-state index is 10.8. The van der Waals surface area contributed by atoms with Gasteiger partial charge in [-0.2, -0.15) is 0 Å². The number of amides is 1. The van der Waals surface area contributed by atoms with Crippen molar-refractivity contribution in [3.05, 3.63) is 34.7 Å². The minimum absolute atomic E-state index is 0.215. The zero-order chi connectivity index (χ0) is 12.3. The number of hydrogen-bond acceptors (Lipinski definition) is 4. The molecular formula is C12H12N2OS2. The smallest absolute Gasteiger partial charge is 0.224 e. The third kappa shape index (κ3) is 3.08. The highest BCUT2D eigenvalue weighted by atomic mass is 32.2. The molecule has 0 radical (unpaired) electrons. The van der Waals surface area contributed by atoms with Gasteiger partial charge in [-0.25, -0.2) is 4.98 Å². The van der Waals surface area contributed by atoms with E-state index in [4.69, 9.17) is 5.73 Å². The lowest BCUT2D eigenvalue weighted by molar-refractivity contribution is -0.117. The van der Waals surface area contributed by atoms with Crippen LogP contribution in [-0.2, 0) is 11.2 Å². The molecule has 3 nitrogen and oxygen atoms in total. The number of nitrogens with zero attached hydrogens (tertiary/aromatic N) is 1. The van der Waals surface area contributed by atoms with Gasteiger partial charge in [-0.15, -0.1) is 23.1 Å². The maximum Gasteiger partial charge on any atom is 0.224 e. The first kappa shape index (κ1) is 12.1. The van der Waals surface area contributed by atoms with Crippen LogP contribution in [0.5, 0.6) is 0 Å². The number of thiazole rings is 1. The Hall–Kier alpha value is -1.33. The monoisotopic (exact) mass is 264 g/mol. The minimum Gasteiger partial charge on any atom is -0.369 e. The highest BCUT2D eigenvalue weighted by Crippen LogP contribution is 2.25. The Labute approximate surface area is 108 Å². The van der Waals surface area contributed by atoms with E-state index in [9.17, 15) is 4.79 Å². The molecule has 0 saturated carbocycles. The molecule has 0 unspecified atom stereocenters. The summed E-state index contributed by atoms with van der Waals surface area (Å²) in [6.45, 7) is 0. The van der Waals surface area contributed by atoms with Crippen LogP contribution in [0.4, 0.5) is 0 Å². The predicted octanol–water partition coefficient (Wildman–Crippen LogP) is 2.56. The van der Waals surface area contributed by atoms with Crippen molar-refractivity contribution in [3.63, 3.8) is 0 Å². The van der Waals surface area contributed by atoms with Crippen LogP contribution in [0.1, 0.15) is 5.01 Å². The quantitative estimate of drug-likeness (QED) is 0.863. The molecule has 0 atom stereocenters. The number of nitrogens with two attached hydrogens (primary N) is 1. The Morgan fingerprint density at radius 2 is 2.35 bits per heavy atom. The molecule has 2 N–H and O–H groups in total. The summed E-state index contributed by atoms with van der Waals surface area (Å²) in [4.78, 5) is 16.4. The zero-order valence-electron chi connectivity index (χ0n) is 9.34. The van der Waals surface area contributed by atoms with Crippen molar-refractivity contribution in [2.24, 2.45) is 5.73 Å². The van der Waals surface area contributed by atoms with Gasteiger partial charge >= 0.3 is 0 Å². The van der Waals surface area contributed by atoms with Gasteiger partial charge < -0.3 is 5.73 Å². The third-order valence-corrected chi connectivity index (χ3v) is 3.82. The molecular weight excluding hydrogens is 252 g/mol. The van der Waals surface area contributed by atoms with Crippen molar-refractivity contribution >= 4 is 29.0 Å². The minimum atomic E-state index is -0.344. The summed E-state index contributed by atoms with van der Waals surface area (Å²) in [7, 11) is 0. The van der Waals surface area contributed by atoms with E-state index in [1.807, 2.05) is 23.8 Å². The summed E-state index contributed by atoms with van der Waals surface area (Å²) < 4.78 is 0. The largest absolute Gasteiger partial charge is 0.369 e. The fourth-order valence-corrected chi connectivity index (χ4v) is 2.73. The molecule has 0 aliphatic carbocycles. The van der Waals surface area contributed by atoms with E-state index in [2.05, 4.69) is 17.1 Å². The van der Waals surface area contributed by atoms with Gasteiger partial charge in [0, 0.05) is 15.8 Å². The zero-order valence-corrected chi connectivity index (χ0v) is 11.0. The van der Waals surface area contributed by atoms with Crippen LogP contribution >= 0.6 is 23.1 Å². The molecule has 1 aromatic heterocycles. The number of benzene rings is 1. The molecule has 0 saturated heterocycles. The number of carbonyl (C=O) groups is 1. The van der Waals surface area contributed by atoms with E-state index in [1.54, 1.807) is 11.8 Å². The molecule has 2 aromatic rings. The van der Waals surface area contributed by atoms with Crippen molar-refractivity contribution in [3.8, 4) is 11.3 Å². The Kier molecular flexibility index (Phi) is 3.81. The Morgan fingerprint density at radius 3 is 3.06 bits per heavy atom. The van der Waals surface area contributed by atoms with Gasteiger partial charge in [0.05, 0.1) is 12.1 Å². The van der Waals surface area contributed by atoms with Crippen LogP contribution in [0.25, 0.3) is 11.3 Å². The van der Waals surface area contributed by atoms with Crippen molar-refractivity contribution in [1.29, 1.82) is 0 Å². The van der Waals surface area contributed by atoms with E-state index < -0.39 is 0 Å². The number of hydrogen-bond donors (Lipinski definition) is 1. The molecule has 88 valence electrons. The first-order chi connectivity index (χ1) is 8.19. The second-order valence-corrected chi connectivity index (χ2v) is 5.32. The molecule has 0 aliphatic heterocycles. The van der Waals surface area contributed by atoms with E-state index in [0.29, 0.717) is 0 Å². The summed E-state index contributed by atoms with van der Waals surface area (Å²) >= 11 is 3.16. The number of aromatic nitrogens is 1. The van der Waals surface area contributed by atoms with Gasteiger partial charge in [0.1, 0.15) is 5.01 Å². The van der Waals surface area contributed by atoms with Gasteiger partial charge in [0.2, 0.25) is 5.91 Å². The molecule has 1 amide bonds. The average Bonchev–Trinajstić information content (AvgIpc) is 2.77. The predicted molar refractivity (Wildman–Crippen MR) is 72.2 cm³/mol. The van der Waals surface area contributed by atoms with Gasteiger partial charge in [-0.05, 0) is 18.4 Å². The van der Waals surface area contributed by atoms with Crippen molar-refractivity contribution < 1.29 is 4.79 Å². The normalized spacial score (nSPS) is 10.4. The number of rotatable bonds is 4. The summed E-state index contributed by atoms with van der Waals surface area (Å²) in [6.07, 6.45) is 2.26. The molecule has 0 bridgehead atoms. The lowest BCUT2D eigenvalue weighted by Gasteiger charge is -1.99. The van der Waals surface area contributed by atoms with Gasteiger partial charge in [0.25, 0.3) is 0 Å². The standard InChI is InChI=1S/C12H12N2OS2/c1-16-9-4-2-3-8(5-9)10-7-17-12(14-10)6-11(13)15/h2-5,7H,6H2,1H3,(H2,13,15). The highest BCUT2D eigenvalue weighted by Gasteiger charge is 2.07. The van der Waals surface area contributed by atoms with Crippen LogP contribution < -0.4 is 5.73 Å². The molecule has 0 fully saturated rings. The lowest BCUT2D eigenvalue weighted by atomic mass is 10.2. The van der Waals surface area contributed by atoms with E-state index in [1.165, 1.54) is 16.2 Å². The number of primary amides is 1. The summed E-state index contributed by atoms with van der Waals surface area (Å²) in [5.74, 6) is -0.344. The van der Waals surface area contributed by atoms with Crippen LogP contribution in [0.3, 0.4) is 0 Å². The molecule has 5 heteroatoms. The SMILES string of the molecule is CSc1cccc(-c2csc(CC(N)=O)n2)c1. The molecule has 0 spiro atoms. The van der Waals surface area contributed by atoms with E-state index in [-0.39, 0.29) is 12.3 Å². The third-order valence-electron chi connectivity index (χ3n) is 2.24. The first-order valence-corrected chi connectivity index (χ1v) is 7.16. The molecule has 1 heterocycles. The van der Waals surface area contributed by atoms with Crippen LogP contribution in [0, 0.1) is 0 Å². The summed E-state index contributed by atoms with van der Waals surface area (Å²) in [5, 5.41) is 2.72. The van der Waals surface area contributed by atoms with Crippen LogP contribution in [0.2, 0.25) is 0 Å². The second kappa shape index (κ2) is 5.33. The van der Waals surface area contributed by atoms with Crippen molar-refractivity contribution in [2.45, 2.75) is 11.3 Å². The topological polar surface area (TPSA) is 56.0 Å². The Balaban J connectivity index is 2.26. The summed E-state index contributed by atoms with van der Waals surface area (Å²) in [6, 6.07) is 8.18. The Bertz CT molecular complexity index is 537. The second-order valence-electron chi connectivity index (χ2n) is 3.50. The van der Waals surface area contributed by atoms with Crippen molar-refractivity contribution in [2.75, 3.05) is 6.26 Å². The highest BCUT2D eigenvalue weighted by molar-refractivity contribution is 7.98. The van der Waals surface area contributed by atoms with E-state index >= 15 is 0 Å². The van der Waals surface area contributed by atoms with Gasteiger partial charge in [-0.3, -0.25) is 4.79 Å². The lowest BCUT2D eigenvalue weighted by Crippen LogP contribution is -2.13. The Morgan fingerprint density at radius 1 is 1.53 bits per heavy atom. The first-order valence-electron chi connectivity index (χ1n) is 5.06.